The maximum atomic E-state index is 12.1. The Labute approximate surface area is 118 Å². The first-order valence-electron chi connectivity index (χ1n) is 6.56. The lowest BCUT2D eigenvalue weighted by Crippen LogP contribution is -2.13. The predicted octanol–water partition coefficient (Wildman–Crippen LogP) is 2.56. The van der Waals surface area contributed by atoms with E-state index >= 15 is 0 Å². The molecule has 2 rings (SSSR count). The maximum absolute atomic E-state index is 12.1. The highest BCUT2D eigenvalue weighted by Crippen LogP contribution is 2.26. The first-order chi connectivity index (χ1) is 9.47. The first kappa shape index (κ1) is 14.1. The molecule has 5 heteroatoms. The monoisotopic (exact) mass is 273 g/mol. The van der Waals surface area contributed by atoms with Crippen LogP contribution >= 0.6 is 0 Å². The summed E-state index contributed by atoms with van der Waals surface area (Å²) in [7, 11) is 0. The fraction of sp³-hybridized carbons (Fsp3) is 0.333. The molecule has 5 nitrogen and oxygen atoms in total. The third-order valence-corrected chi connectivity index (χ3v) is 3.43. The van der Waals surface area contributed by atoms with Crippen molar-refractivity contribution >= 4 is 11.7 Å². The fourth-order valence-electron chi connectivity index (χ4n) is 2.11. The number of anilines is 1. The van der Waals surface area contributed by atoms with Crippen molar-refractivity contribution in [1.29, 1.82) is 0 Å². The van der Waals surface area contributed by atoms with Crippen molar-refractivity contribution in [3.8, 4) is 5.69 Å². The maximum Gasteiger partial charge on any atom is 0.340 e. The molecule has 0 aliphatic heterocycles. The Morgan fingerprint density at radius 1 is 1.35 bits per heavy atom. The minimum atomic E-state index is -0.389. The van der Waals surface area contributed by atoms with Gasteiger partial charge in [0.25, 0.3) is 0 Å². The van der Waals surface area contributed by atoms with Crippen LogP contribution in [0, 0.1) is 20.8 Å². The van der Waals surface area contributed by atoms with Crippen molar-refractivity contribution in [2.75, 3.05) is 12.3 Å². The summed E-state index contributed by atoms with van der Waals surface area (Å²) in [6.45, 7) is 7.98. The predicted molar refractivity (Wildman–Crippen MR) is 78.1 cm³/mol. The third-order valence-electron chi connectivity index (χ3n) is 3.43. The number of nitrogen functional groups attached to an aromatic ring is 1. The molecule has 0 bridgehead atoms. The normalized spacial score (nSPS) is 10.6. The Hall–Kier alpha value is -2.30. The number of nitrogens with two attached hydrogens (primary N) is 1. The van der Waals surface area contributed by atoms with E-state index in [9.17, 15) is 4.79 Å². The minimum Gasteiger partial charge on any atom is -0.462 e. The number of nitrogens with zero attached hydrogens (tertiary/aromatic N) is 2. The van der Waals surface area contributed by atoms with Gasteiger partial charge < -0.3 is 10.5 Å². The molecule has 0 unspecified atom stereocenters. The van der Waals surface area contributed by atoms with Gasteiger partial charge in [-0.2, -0.15) is 5.10 Å². The van der Waals surface area contributed by atoms with Crippen LogP contribution in [0.15, 0.2) is 18.2 Å². The smallest absolute Gasteiger partial charge is 0.340 e. The molecular weight excluding hydrogens is 254 g/mol. The molecule has 106 valence electrons. The number of ether oxygens (including phenoxy) is 1. The van der Waals surface area contributed by atoms with E-state index in [1.165, 1.54) is 0 Å². The van der Waals surface area contributed by atoms with Gasteiger partial charge in [-0.05, 0) is 45.4 Å². The van der Waals surface area contributed by atoms with Gasteiger partial charge in [0, 0.05) is 5.69 Å². The first-order valence-corrected chi connectivity index (χ1v) is 6.56. The van der Waals surface area contributed by atoms with Gasteiger partial charge in [0.05, 0.1) is 23.6 Å². The second-order valence-electron chi connectivity index (χ2n) is 4.67. The molecule has 0 aliphatic carbocycles. The van der Waals surface area contributed by atoms with Gasteiger partial charge in [0.15, 0.2) is 0 Å². The van der Waals surface area contributed by atoms with Crippen LogP contribution in [0.3, 0.4) is 0 Å². The van der Waals surface area contributed by atoms with Crippen molar-refractivity contribution < 1.29 is 9.53 Å². The van der Waals surface area contributed by atoms with E-state index in [-0.39, 0.29) is 5.97 Å². The number of hydrogen-bond acceptors (Lipinski definition) is 4. The lowest BCUT2D eigenvalue weighted by molar-refractivity contribution is 0.0526. The third kappa shape index (κ3) is 2.27. The molecule has 0 amide bonds. The van der Waals surface area contributed by atoms with Gasteiger partial charge in [-0.1, -0.05) is 6.07 Å². The number of rotatable bonds is 3. The lowest BCUT2D eigenvalue weighted by Gasteiger charge is -2.13. The van der Waals surface area contributed by atoms with Crippen LogP contribution in [-0.4, -0.2) is 22.4 Å². The van der Waals surface area contributed by atoms with Crippen LogP contribution in [0.4, 0.5) is 5.69 Å². The fourth-order valence-corrected chi connectivity index (χ4v) is 2.11. The Bertz CT molecular complexity index is 659. The standard InChI is InChI=1S/C15H19N3O2/c1-5-20-15(19)12-7-6-8-13(16)14(12)18-11(4)9(2)10(3)17-18/h6-8H,5,16H2,1-4H3. The number of carbonyl (C=O) groups is 1. The van der Waals surface area contributed by atoms with E-state index in [4.69, 9.17) is 10.5 Å². The van der Waals surface area contributed by atoms with Crippen molar-refractivity contribution in [1.82, 2.24) is 9.78 Å². The Balaban J connectivity index is 2.66. The molecule has 0 atom stereocenters. The highest BCUT2D eigenvalue weighted by atomic mass is 16.5. The molecule has 20 heavy (non-hydrogen) atoms. The molecule has 0 fully saturated rings. The summed E-state index contributed by atoms with van der Waals surface area (Å²) >= 11 is 0. The average Bonchev–Trinajstić information content (AvgIpc) is 2.66. The van der Waals surface area contributed by atoms with Gasteiger partial charge >= 0.3 is 5.97 Å². The Morgan fingerprint density at radius 3 is 2.60 bits per heavy atom. The van der Waals surface area contributed by atoms with E-state index in [1.54, 1.807) is 29.8 Å². The van der Waals surface area contributed by atoms with E-state index in [2.05, 4.69) is 5.10 Å². The van der Waals surface area contributed by atoms with Gasteiger partial charge in [-0.25, -0.2) is 9.48 Å². The van der Waals surface area contributed by atoms with E-state index in [0.29, 0.717) is 23.5 Å². The molecule has 1 heterocycles. The zero-order valence-corrected chi connectivity index (χ0v) is 12.2. The van der Waals surface area contributed by atoms with E-state index < -0.39 is 0 Å². The van der Waals surface area contributed by atoms with Crippen LogP contribution in [0.25, 0.3) is 5.69 Å². The van der Waals surface area contributed by atoms with E-state index in [0.717, 1.165) is 17.0 Å². The van der Waals surface area contributed by atoms with Crippen molar-refractivity contribution in [2.24, 2.45) is 0 Å². The highest BCUT2D eigenvalue weighted by molar-refractivity contribution is 5.96. The molecule has 0 saturated heterocycles. The summed E-state index contributed by atoms with van der Waals surface area (Å²) in [6.07, 6.45) is 0. The summed E-state index contributed by atoms with van der Waals surface area (Å²) in [6, 6.07) is 5.20. The summed E-state index contributed by atoms with van der Waals surface area (Å²) in [4.78, 5) is 12.1. The second kappa shape index (κ2) is 5.36. The summed E-state index contributed by atoms with van der Waals surface area (Å²) < 4.78 is 6.80. The summed E-state index contributed by atoms with van der Waals surface area (Å²) in [5, 5.41) is 4.47. The quantitative estimate of drug-likeness (QED) is 0.689. The zero-order valence-electron chi connectivity index (χ0n) is 12.2. The zero-order chi connectivity index (χ0) is 14.9. The number of carbonyl (C=O) groups excluding carboxylic acids is 1. The van der Waals surface area contributed by atoms with Crippen LogP contribution in [-0.2, 0) is 4.74 Å². The highest BCUT2D eigenvalue weighted by Gasteiger charge is 2.19. The number of benzene rings is 1. The molecule has 0 spiro atoms. The van der Waals surface area contributed by atoms with Crippen LogP contribution in [0.2, 0.25) is 0 Å². The van der Waals surface area contributed by atoms with Crippen molar-refractivity contribution in [2.45, 2.75) is 27.7 Å². The van der Waals surface area contributed by atoms with Crippen molar-refractivity contribution in [3.63, 3.8) is 0 Å². The van der Waals surface area contributed by atoms with Gasteiger partial charge in [0.1, 0.15) is 5.69 Å². The average molecular weight is 273 g/mol. The van der Waals surface area contributed by atoms with E-state index in [1.807, 2.05) is 20.8 Å². The van der Waals surface area contributed by atoms with Crippen LogP contribution in [0.1, 0.15) is 34.2 Å². The van der Waals surface area contributed by atoms with Gasteiger partial charge in [-0.3, -0.25) is 0 Å². The molecular formula is C15H19N3O2. The van der Waals surface area contributed by atoms with Crippen LogP contribution in [0.5, 0.6) is 0 Å². The molecule has 0 radical (unpaired) electrons. The van der Waals surface area contributed by atoms with Gasteiger partial charge in [0.2, 0.25) is 0 Å². The lowest BCUT2D eigenvalue weighted by atomic mass is 10.1. The minimum absolute atomic E-state index is 0.323. The molecule has 0 aliphatic rings. The largest absolute Gasteiger partial charge is 0.462 e. The SMILES string of the molecule is CCOC(=O)c1cccc(N)c1-n1nc(C)c(C)c1C. The number of para-hydroxylation sites is 1. The molecule has 1 aromatic heterocycles. The molecule has 1 aromatic carbocycles. The number of hydrogen-bond donors (Lipinski definition) is 1. The summed E-state index contributed by atoms with van der Waals surface area (Å²) in [5.74, 6) is -0.389. The summed E-state index contributed by atoms with van der Waals surface area (Å²) in [5.41, 5.74) is 10.5. The number of aromatic nitrogens is 2. The van der Waals surface area contributed by atoms with Crippen molar-refractivity contribution in [3.05, 3.63) is 40.7 Å². The Morgan fingerprint density at radius 2 is 2.05 bits per heavy atom. The topological polar surface area (TPSA) is 70.1 Å². The van der Waals surface area contributed by atoms with Crippen LogP contribution < -0.4 is 5.73 Å². The molecule has 0 saturated carbocycles. The number of esters is 1. The molecule has 2 N–H and O–H groups in total. The Kier molecular flexibility index (Phi) is 3.79. The second-order valence-corrected chi connectivity index (χ2v) is 4.67. The molecule has 2 aromatic rings. The number of aryl methyl sites for hydroxylation is 1. The van der Waals surface area contributed by atoms with Gasteiger partial charge in [-0.15, -0.1) is 0 Å².